The first kappa shape index (κ1) is 19.9. The third-order valence-corrected chi connectivity index (χ3v) is 7.91. The zero-order valence-corrected chi connectivity index (χ0v) is 16.5. The van der Waals surface area contributed by atoms with Gasteiger partial charge in [0.15, 0.2) is 0 Å². The molecule has 28 heavy (non-hydrogen) atoms. The van der Waals surface area contributed by atoms with Gasteiger partial charge in [-0.05, 0) is 43.6 Å². The fourth-order valence-corrected chi connectivity index (χ4v) is 6.54. The van der Waals surface area contributed by atoms with Gasteiger partial charge in [-0.3, -0.25) is 4.79 Å². The van der Waals surface area contributed by atoms with Crippen molar-refractivity contribution in [1.29, 1.82) is 0 Å². The normalized spacial score (nSPS) is 43.9. The molecule has 4 rings (SSSR count). The van der Waals surface area contributed by atoms with Crippen molar-refractivity contribution in [1.82, 2.24) is 0 Å². The smallest absolute Gasteiger partial charge is 0.312 e. The maximum Gasteiger partial charge on any atom is 0.312 e. The molecule has 7 nitrogen and oxygen atoms in total. The lowest BCUT2D eigenvalue weighted by atomic mass is 9.40. The van der Waals surface area contributed by atoms with Crippen molar-refractivity contribution in [2.24, 2.45) is 22.7 Å². The number of esters is 1. The highest BCUT2D eigenvalue weighted by Crippen LogP contribution is 2.67. The van der Waals surface area contributed by atoms with Crippen LogP contribution in [0.5, 0.6) is 0 Å². The Morgan fingerprint density at radius 1 is 1.43 bits per heavy atom. The number of hydrogen-bond donors (Lipinski definition) is 3. The molecule has 0 aromatic carbocycles. The van der Waals surface area contributed by atoms with E-state index in [1.807, 2.05) is 6.92 Å². The maximum atomic E-state index is 13.2. The summed E-state index contributed by atoms with van der Waals surface area (Å²) < 4.78 is 16.1. The molecule has 3 aliphatic rings. The van der Waals surface area contributed by atoms with Crippen molar-refractivity contribution in [3.05, 3.63) is 24.2 Å². The summed E-state index contributed by atoms with van der Waals surface area (Å²) >= 11 is 0. The van der Waals surface area contributed by atoms with Gasteiger partial charge in [0.2, 0.25) is 0 Å². The van der Waals surface area contributed by atoms with E-state index in [1.165, 1.54) is 19.6 Å². The van der Waals surface area contributed by atoms with Crippen LogP contribution in [0.25, 0.3) is 0 Å². The molecule has 156 valence electrons. The molecule has 1 saturated heterocycles. The van der Waals surface area contributed by atoms with Crippen molar-refractivity contribution in [2.45, 2.75) is 56.8 Å². The first-order valence-electron chi connectivity index (χ1n) is 10.1. The van der Waals surface area contributed by atoms with Crippen LogP contribution in [0, 0.1) is 22.7 Å². The van der Waals surface area contributed by atoms with E-state index in [4.69, 9.17) is 13.9 Å². The van der Waals surface area contributed by atoms with E-state index in [0.29, 0.717) is 24.8 Å². The fourth-order valence-electron chi connectivity index (χ4n) is 6.54. The Morgan fingerprint density at radius 3 is 2.89 bits per heavy atom. The molecule has 0 unspecified atom stereocenters. The number of aliphatic hydroxyl groups is 3. The van der Waals surface area contributed by atoms with E-state index in [1.54, 1.807) is 6.07 Å². The fraction of sp³-hybridized carbons (Fsp3) is 0.762. The summed E-state index contributed by atoms with van der Waals surface area (Å²) in [7, 11) is 1.53. The second-order valence-electron chi connectivity index (χ2n) is 9.00. The number of rotatable bonds is 5. The largest absolute Gasteiger partial charge is 0.472 e. The Bertz CT molecular complexity index is 714. The number of methoxy groups -OCH3 is 1. The minimum Gasteiger partial charge on any atom is -0.472 e. The van der Waals surface area contributed by atoms with Crippen LogP contribution in [0.1, 0.15) is 50.7 Å². The van der Waals surface area contributed by atoms with E-state index >= 15 is 0 Å². The van der Waals surface area contributed by atoms with Gasteiger partial charge in [0.05, 0.1) is 47.8 Å². The summed E-state index contributed by atoms with van der Waals surface area (Å²) in [5.41, 5.74) is -2.63. The third kappa shape index (κ3) is 2.46. The molecular weight excluding hydrogens is 364 g/mol. The van der Waals surface area contributed by atoms with Gasteiger partial charge >= 0.3 is 5.97 Å². The Balaban J connectivity index is 1.81. The van der Waals surface area contributed by atoms with Crippen molar-refractivity contribution in [2.75, 3.05) is 20.3 Å². The van der Waals surface area contributed by atoms with Gasteiger partial charge in [0, 0.05) is 12.7 Å². The molecule has 7 heteroatoms. The van der Waals surface area contributed by atoms with Crippen LogP contribution in [0.4, 0.5) is 0 Å². The zero-order chi connectivity index (χ0) is 20.2. The molecular formula is C21H30O7. The summed E-state index contributed by atoms with van der Waals surface area (Å²) in [4.78, 5) is 13.2. The number of aliphatic hydroxyl groups excluding tert-OH is 2. The monoisotopic (exact) mass is 394 g/mol. The molecule has 0 spiro atoms. The topological polar surface area (TPSA) is 109 Å². The predicted molar refractivity (Wildman–Crippen MR) is 98.1 cm³/mol. The molecule has 3 fully saturated rings. The molecule has 0 radical (unpaired) electrons. The van der Waals surface area contributed by atoms with E-state index in [-0.39, 0.29) is 37.4 Å². The predicted octanol–water partition coefficient (Wildman–Crippen LogP) is 1.81. The van der Waals surface area contributed by atoms with Crippen LogP contribution in [-0.4, -0.2) is 53.3 Å². The minimum atomic E-state index is -1.28. The number of ether oxygens (including phenoxy) is 2. The van der Waals surface area contributed by atoms with E-state index in [0.717, 1.165) is 6.42 Å². The SMILES string of the molecule is COC[C@@]1(O)CCC[C@@H]2[C@@]3(C[C@H](O)c4ccoc4)C(=O)OC[C@@]21[C@@H](O)C[C@H]3C. The van der Waals surface area contributed by atoms with Gasteiger partial charge in [-0.25, -0.2) is 0 Å². The van der Waals surface area contributed by atoms with E-state index in [9.17, 15) is 20.1 Å². The number of cyclic esters (lactones) is 1. The minimum absolute atomic E-state index is 0.0200. The standard InChI is InChI=1S/C21H30O7/c1-13-8-17(23)21-12-28-18(24)20(13,9-15(22)14-5-7-27-10-14)16(21)4-3-6-19(21,25)11-26-2/h5,7,10,13,15-17,22-23,25H,3-4,6,8-9,11-12H2,1-2H3/t13-,15+,16-,17+,19+,20+,21+/m1/s1. The van der Waals surface area contributed by atoms with Crippen LogP contribution >= 0.6 is 0 Å². The molecule has 3 N–H and O–H groups in total. The summed E-state index contributed by atoms with van der Waals surface area (Å²) in [5.74, 6) is -0.827. The lowest BCUT2D eigenvalue weighted by Gasteiger charge is -2.67. The average Bonchev–Trinajstić information content (AvgIpc) is 3.18. The second-order valence-corrected chi connectivity index (χ2v) is 9.00. The highest BCUT2D eigenvalue weighted by atomic mass is 16.5. The molecule has 1 aliphatic heterocycles. The van der Waals surface area contributed by atoms with Gasteiger partial charge in [-0.15, -0.1) is 0 Å². The van der Waals surface area contributed by atoms with Gasteiger partial charge in [0.25, 0.3) is 0 Å². The lowest BCUT2D eigenvalue weighted by Crippen LogP contribution is -2.75. The molecule has 2 heterocycles. The van der Waals surface area contributed by atoms with E-state index in [2.05, 4.69) is 0 Å². The molecule has 0 amide bonds. The third-order valence-electron chi connectivity index (χ3n) is 7.91. The van der Waals surface area contributed by atoms with Crippen molar-refractivity contribution < 1.29 is 34.0 Å². The van der Waals surface area contributed by atoms with Gasteiger partial charge in [0.1, 0.15) is 6.61 Å². The zero-order valence-electron chi connectivity index (χ0n) is 16.5. The van der Waals surface area contributed by atoms with Gasteiger partial charge in [-0.2, -0.15) is 0 Å². The first-order valence-corrected chi connectivity index (χ1v) is 10.1. The highest BCUT2D eigenvalue weighted by molar-refractivity contribution is 5.79. The van der Waals surface area contributed by atoms with Crippen molar-refractivity contribution in [3.63, 3.8) is 0 Å². The molecule has 2 saturated carbocycles. The van der Waals surface area contributed by atoms with Crippen LogP contribution in [-0.2, 0) is 14.3 Å². The number of carbonyl (C=O) groups excluding carboxylic acids is 1. The second kappa shape index (κ2) is 6.83. The average molecular weight is 394 g/mol. The Labute approximate surface area is 164 Å². The Kier molecular flexibility index (Phi) is 4.85. The van der Waals surface area contributed by atoms with Crippen molar-refractivity contribution >= 4 is 5.97 Å². The van der Waals surface area contributed by atoms with E-state index < -0.39 is 28.6 Å². The highest BCUT2D eigenvalue weighted by Gasteiger charge is 2.74. The molecule has 2 bridgehead atoms. The van der Waals surface area contributed by atoms with Crippen LogP contribution in [0.2, 0.25) is 0 Å². The maximum absolute atomic E-state index is 13.2. The van der Waals surface area contributed by atoms with Crippen LogP contribution in [0.15, 0.2) is 23.0 Å². The van der Waals surface area contributed by atoms with Gasteiger partial charge in [-0.1, -0.05) is 13.3 Å². The summed E-state index contributed by atoms with van der Waals surface area (Å²) in [6.45, 7) is 1.99. The molecule has 1 aromatic rings. The number of furan rings is 1. The quantitative estimate of drug-likeness (QED) is 0.654. The molecule has 7 atom stereocenters. The van der Waals surface area contributed by atoms with Crippen LogP contribution < -0.4 is 0 Å². The first-order chi connectivity index (χ1) is 13.3. The summed E-state index contributed by atoms with van der Waals surface area (Å²) in [6.07, 6.45) is 3.73. The molecule has 2 aliphatic carbocycles. The summed E-state index contributed by atoms with van der Waals surface area (Å²) in [6, 6.07) is 1.69. The number of hydrogen-bond acceptors (Lipinski definition) is 7. The van der Waals surface area contributed by atoms with Crippen LogP contribution in [0.3, 0.4) is 0 Å². The summed E-state index contributed by atoms with van der Waals surface area (Å²) in [5, 5.41) is 33.6. The Hall–Kier alpha value is -1.41. The lowest BCUT2D eigenvalue weighted by molar-refractivity contribution is -0.306. The number of carbonyl (C=O) groups is 1. The Morgan fingerprint density at radius 2 is 2.21 bits per heavy atom. The molecule has 1 aromatic heterocycles. The van der Waals surface area contributed by atoms with Gasteiger partial charge < -0.3 is 29.2 Å². The van der Waals surface area contributed by atoms with Crippen molar-refractivity contribution in [3.8, 4) is 0 Å².